The van der Waals surface area contributed by atoms with E-state index in [1.807, 2.05) is 0 Å². The summed E-state index contributed by atoms with van der Waals surface area (Å²) in [6.07, 6.45) is 3.89. The number of piperazine rings is 1. The van der Waals surface area contributed by atoms with Gasteiger partial charge in [-0.15, -0.1) is 0 Å². The largest absolute Gasteiger partial charge is 0.300 e. The molecule has 1 aliphatic heterocycles. The maximum absolute atomic E-state index is 12.5. The first-order valence-corrected chi connectivity index (χ1v) is 9.01. The van der Waals surface area contributed by atoms with Gasteiger partial charge in [0, 0.05) is 32.7 Å². The number of rotatable bonds is 3. The van der Waals surface area contributed by atoms with Crippen molar-refractivity contribution in [1.82, 2.24) is 9.21 Å². The topological polar surface area (TPSA) is 40.6 Å². The van der Waals surface area contributed by atoms with Crippen LogP contribution >= 0.6 is 0 Å². The maximum Gasteiger partial charge on any atom is 0.217 e. The SMILES string of the molecule is CC(C)(C)CN1CCN(S(=O)(=O)C2CCCC2)CC1. The van der Waals surface area contributed by atoms with Crippen LogP contribution in [0.1, 0.15) is 46.5 Å². The summed E-state index contributed by atoms with van der Waals surface area (Å²) in [7, 11) is -3.02. The zero-order chi connectivity index (χ0) is 14.1. The minimum absolute atomic E-state index is 0.0957. The van der Waals surface area contributed by atoms with Gasteiger partial charge in [0.2, 0.25) is 10.0 Å². The maximum atomic E-state index is 12.5. The summed E-state index contributed by atoms with van der Waals surface area (Å²) in [5.41, 5.74) is 0.284. The molecule has 0 spiro atoms. The highest BCUT2D eigenvalue weighted by Crippen LogP contribution is 2.28. The molecule has 2 aliphatic rings. The first-order valence-electron chi connectivity index (χ1n) is 7.50. The van der Waals surface area contributed by atoms with Crippen molar-refractivity contribution < 1.29 is 8.42 Å². The van der Waals surface area contributed by atoms with E-state index in [1.54, 1.807) is 4.31 Å². The molecule has 1 saturated heterocycles. The molecule has 19 heavy (non-hydrogen) atoms. The molecule has 0 aromatic rings. The van der Waals surface area contributed by atoms with Gasteiger partial charge >= 0.3 is 0 Å². The van der Waals surface area contributed by atoms with Gasteiger partial charge in [0.1, 0.15) is 0 Å². The fourth-order valence-corrected chi connectivity index (χ4v) is 5.23. The van der Waals surface area contributed by atoms with Crippen LogP contribution in [0.5, 0.6) is 0 Å². The van der Waals surface area contributed by atoms with E-state index < -0.39 is 10.0 Å². The van der Waals surface area contributed by atoms with Crippen molar-refractivity contribution in [3.63, 3.8) is 0 Å². The standard InChI is InChI=1S/C14H28N2O2S/c1-14(2,3)12-15-8-10-16(11-9-15)19(17,18)13-6-4-5-7-13/h13H,4-12H2,1-3H3. The van der Waals surface area contributed by atoms with Crippen molar-refractivity contribution >= 4 is 10.0 Å². The third-order valence-electron chi connectivity index (χ3n) is 4.11. The molecule has 1 saturated carbocycles. The summed E-state index contributed by atoms with van der Waals surface area (Å²) in [5, 5.41) is -0.0957. The minimum atomic E-state index is -3.02. The fraction of sp³-hybridized carbons (Fsp3) is 1.00. The molecule has 0 unspecified atom stereocenters. The Balaban J connectivity index is 1.89. The molecule has 1 heterocycles. The quantitative estimate of drug-likeness (QED) is 0.796. The van der Waals surface area contributed by atoms with Crippen LogP contribution in [-0.2, 0) is 10.0 Å². The van der Waals surface area contributed by atoms with Gasteiger partial charge in [0.05, 0.1) is 5.25 Å². The molecule has 0 atom stereocenters. The summed E-state index contributed by atoms with van der Waals surface area (Å²) < 4.78 is 26.7. The summed E-state index contributed by atoms with van der Waals surface area (Å²) in [6.45, 7) is 10.8. The minimum Gasteiger partial charge on any atom is -0.300 e. The Morgan fingerprint density at radius 3 is 2.00 bits per heavy atom. The zero-order valence-electron chi connectivity index (χ0n) is 12.6. The predicted molar refractivity (Wildman–Crippen MR) is 78.6 cm³/mol. The molecule has 0 N–H and O–H groups in total. The van der Waals surface area contributed by atoms with E-state index in [2.05, 4.69) is 25.7 Å². The fourth-order valence-electron chi connectivity index (χ4n) is 3.21. The van der Waals surface area contributed by atoms with Gasteiger partial charge in [0.25, 0.3) is 0 Å². The lowest BCUT2D eigenvalue weighted by Crippen LogP contribution is -2.52. The molecule has 112 valence electrons. The van der Waals surface area contributed by atoms with E-state index in [1.165, 1.54) is 0 Å². The highest BCUT2D eigenvalue weighted by molar-refractivity contribution is 7.89. The zero-order valence-corrected chi connectivity index (χ0v) is 13.4. The normalized spacial score (nSPS) is 25.0. The average molecular weight is 288 g/mol. The Hall–Kier alpha value is -0.130. The van der Waals surface area contributed by atoms with E-state index in [-0.39, 0.29) is 10.7 Å². The lowest BCUT2D eigenvalue weighted by atomic mass is 9.96. The van der Waals surface area contributed by atoms with E-state index >= 15 is 0 Å². The van der Waals surface area contributed by atoms with Gasteiger partial charge in [0.15, 0.2) is 0 Å². The second kappa shape index (κ2) is 5.70. The Morgan fingerprint density at radius 2 is 1.53 bits per heavy atom. The third-order valence-corrected chi connectivity index (χ3v) is 6.51. The average Bonchev–Trinajstić information content (AvgIpc) is 2.81. The molecule has 0 aromatic carbocycles. The monoisotopic (exact) mass is 288 g/mol. The summed E-state index contributed by atoms with van der Waals surface area (Å²) in [4.78, 5) is 2.39. The van der Waals surface area contributed by atoms with Crippen molar-refractivity contribution in [2.45, 2.75) is 51.7 Å². The van der Waals surface area contributed by atoms with Crippen LogP contribution < -0.4 is 0 Å². The molecular formula is C14H28N2O2S. The molecule has 0 radical (unpaired) electrons. The van der Waals surface area contributed by atoms with Crippen molar-refractivity contribution in [2.24, 2.45) is 5.41 Å². The molecule has 1 aliphatic carbocycles. The lowest BCUT2D eigenvalue weighted by Gasteiger charge is -2.38. The van der Waals surface area contributed by atoms with Crippen molar-refractivity contribution in [1.29, 1.82) is 0 Å². The number of hydrogen-bond acceptors (Lipinski definition) is 3. The summed E-state index contributed by atoms with van der Waals surface area (Å²) >= 11 is 0. The number of sulfonamides is 1. The summed E-state index contributed by atoms with van der Waals surface area (Å²) in [5.74, 6) is 0. The molecule has 4 nitrogen and oxygen atoms in total. The van der Waals surface area contributed by atoms with Gasteiger partial charge in [-0.1, -0.05) is 33.6 Å². The van der Waals surface area contributed by atoms with Crippen LogP contribution in [0, 0.1) is 5.41 Å². The van der Waals surface area contributed by atoms with Crippen molar-refractivity contribution in [3.05, 3.63) is 0 Å². The Labute approximate surface area is 118 Å². The van der Waals surface area contributed by atoms with Gasteiger partial charge in [-0.3, -0.25) is 0 Å². The second-order valence-electron chi connectivity index (χ2n) is 7.19. The second-order valence-corrected chi connectivity index (χ2v) is 9.40. The lowest BCUT2D eigenvalue weighted by molar-refractivity contribution is 0.140. The highest BCUT2D eigenvalue weighted by atomic mass is 32.2. The van der Waals surface area contributed by atoms with Gasteiger partial charge in [-0.2, -0.15) is 4.31 Å². The predicted octanol–water partition coefficient (Wildman–Crippen LogP) is 1.92. The molecular weight excluding hydrogens is 260 g/mol. The van der Waals surface area contributed by atoms with E-state index in [0.29, 0.717) is 13.1 Å². The van der Waals surface area contributed by atoms with Gasteiger partial charge < -0.3 is 4.90 Å². The first-order chi connectivity index (χ1) is 8.79. The Kier molecular flexibility index (Phi) is 4.58. The van der Waals surface area contributed by atoms with Crippen LogP contribution in [0.15, 0.2) is 0 Å². The number of nitrogens with zero attached hydrogens (tertiary/aromatic N) is 2. The van der Waals surface area contributed by atoms with E-state index in [9.17, 15) is 8.42 Å². The van der Waals surface area contributed by atoms with Crippen molar-refractivity contribution in [3.8, 4) is 0 Å². The molecule has 2 rings (SSSR count). The van der Waals surface area contributed by atoms with Crippen LogP contribution in [0.25, 0.3) is 0 Å². The molecule has 0 amide bonds. The smallest absolute Gasteiger partial charge is 0.217 e. The number of hydrogen-bond donors (Lipinski definition) is 0. The van der Waals surface area contributed by atoms with Crippen LogP contribution in [0.4, 0.5) is 0 Å². The summed E-state index contributed by atoms with van der Waals surface area (Å²) in [6, 6.07) is 0. The van der Waals surface area contributed by atoms with Gasteiger partial charge in [-0.05, 0) is 18.3 Å². The molecule has 0 aromatic heterocycles. The Bertz CT molecular complexity index is 386. The van der Waals surface area contributed by atoms with E-state index in [0.717, 1.165) is 45.3 Å². The molecule has 0 bridgehead atoms. The molecule has 2 fully saturated rings. The van der Waals surface area contributed by atoms with Crippen molar-refractivity contribution in [2.75, 3.05) is 32.7 Å². The molecule has 5 heteroatoms. The van der Waals surface area contributed by atoms with Gasteiger partial charge in [-0.25, -0.2) is 8.42 Å². The van der Waals surface area contributed by atoms with Crippen LogP contribution in [0.2, 0.25) is 0 Å². The Morgan fingerprint density at radius 1 is 1.00 bits per heavy atom. The third kappa shape index (κ3) is 3.92. The highest BCUT2D eigenvalue weighted by Gasteiger charge is 2.35. The van der Waals surface area contributed by atoms with Crippen LogP contribution in [-0.4, -0.2) is 55.6 Å². The first kappa shape index (κ1) is 15.3. The van der Waals surface area contributed by atoms with Crippen LogP contribution in [0.3, 0.4) is 0 Å². The van der Waals surface area contributed by atoms with E-state index in [4.69, 9.17) is 0 Å².